The summed E-state index contributed by atoms with van der Waals surface area (Å²) in [6.07, 6.45) is 0. The third-order valence-electron chi connectivity index (χ3n) is 3.28. The molecule has 0 fully saturated rings. The van der Waals surface area contributed by atoms with Crippen LogP contribution in [-0.2, 0) is 0 Å². The van der Waals surface area contributed by atoms with Gasteiger partial charge in [0.25, 0.3) is 0 Å². The molecule has 2 aromatic carbocycles. The first-order valence-corrected chi connectivity index (χ1v) is 6.20. The van der Waals surface area contributed by atoms with E-state index < -0.39 is 0 Å². The van der Waals surface area contributed by atoms with Crippen LogP contribution in [0.25, 0.3) is 10.8 Å². The highest BCUT2D eigenvalue weighted by molar-refractivity contribution is 6.17. The molecule has 0 aliphatic heterocycles. The average Bonchev–Trinajstić information content (AvgIpc) is 2.44. The SMILES string of the molecule is COc1ccc(C(C)=O)c2c(OC)ccc(C(C)=O)c12. The van der Waals surface area contributed by atoms with Crippen molar-refractivity contribution in [2.45, 2.75) is 13.8 Å². The fourth-order valence-corrected chi connectivity index (χ4v) is 2.36. The molecule has 0 aromatic heterocycles. The number of methoxy groups -OCH3 is 2. The molecule has 0 bridgehead atoms. The maximum atomic E-state index is 11.8. The van der Waals surface area contributed by atoms with Crippen LogP contribution in [0.1, 0.15) is 34.6 Å². The Morgan fingerprint density at radius 1 is 0.750 bits per heavy atom. The van der Waals surface area contributed by atoms with Crippen LogP contribution in [0.2, 0.25) is 0 Å². The van der Waals surface area contributed by atoms with Crippen LogP contribution >= 0.6 is 0 Å². The van der Waals surface area contributed by atoms with Crippen molar-refractivity contribution < 1.29 is 19.1 Å². The molecule has 0 unspecified atom stereocenters. The van der Waals surface area contributed by atoms with Gasteiger partial charge in [0.1, 0.15) is 11.5 Å². The lowest BCUT2D eigenvalue weighted by Gasteiger charge is -2.14. The second-order valence-electron chi connectivity index (χ2n) is 4.49. The number of carbonyl (C=O) groups is 2. The van der Waals surface area contributed by atoms with Gasteiger partial charge in [0, 0.05) is 21.9 Å². The lowest BCUT2D eigenvalue weighted by molar-refractivity contribution is 0.100. The Bertz CT molecular complexity index is 640. The van der Waals surface area contributed by atoms with Crippen molar-refractivity contribution in [3.05, 3.63) is 35.4 Å². The van der Waals surface area contributed by atoms with Crippen LogP contribution < -0.4 is 9.47 Å². The van der Waals surface area contributed by atoms with Crippen LogP contribution in [0, 0.1) is 0 Å². The maximum Gasteiger partial charge on any atom is 0.160 e. The fraction of sp³-hybridized carbons (Fsp3) is 0.250. The Labute approximate surface area is 117 Å². The fourth-order valence-electron chi connectivity index (χ4n) is 2.36. The number of carbonyl (C=O) groups excluding carboxylic acids is 2. The van der Waals surface area contributed by atoms with Gasteiger partial charge in [-0.3, -0.25) is 9.59 Å². The zero-order valence-electron chi connectivity index (χ0n) is 11.9. The first kappa shape index (κ1) is 14.1. The average molecular weight is 272 g/mol. The van der Waals surface area contributed by atoms with Crippen LogP contribution in [0.5, 0.6) is 11.5 Å². The molecule has 0 N–H and O–H groups in total. The van der Waals surface area contributed by atoms with Crippen molar-refractivity contribution >= 4 is 22.3 Å². The highest BCUT2D eigenvalue weighted by Crippen LogP contribution is 2.38. The van der Waals surface area contributed by atoms with Crippen molar-refractivity contribution in [1.29, 1.82) is 0 Å². The van der Waals surface area contributed by atoms with Gasteiger partial charge in [0.15, 0.2) is 11.6 Å². The third-order valence-corrected chi connectivity index (χ3v) is 3.28. The summed E-state index contributed by atoms with van der Waals surface area (Å²) >= 11 is 0. The molecule has 0 heterocycles. The molecule has 0 aliphatic rings. The van der Waals surface area contributed by atoms with Crippen molar-refractivity contribution in [1.82, 2.24) is 0 Å². The molecule has 20 heavy (non-hydrogen) atoms. The summed E-state index contributed by atoms with van der Waals surface area (Å²) in [6, 6.07) is 6.78. The summed E-state index contributed by atoms with van der Waals surface area (Å²) in [5.74, 6) is 0.927. The predicted octanol–water partition coefficient (Wildman–Crippen LogP) is 3.26. The molecule has 0 spiro atoms. The zero-order chi connectivity index (χ0) is 14.9. The molecular formula is C16H16O4. The largest absolute Gasteiger partial charge is 0.496 e. The van der Waals surface area contributed by atoms with E-state index in [4.69, 9.17) is 9.47 Å². The molecule has 0 atom stereocenters. The van der Waals surface area contributed by atoms with Gasteiger partial charge < -0.3 is 9.47 Å². The zero-order valence-corrected chi connectivity index (χ0v) is 11.9. The number of ether oxygens (including phenoxy) is 2. The Balaban J connectivity index is 3.04. The minimum absolute atomic E-state index is 0.0864. The Morgan fingerprint density at radius 3 is 1.35 bits per heavy atom. The highest BCUT2D eigenvalue weighted by Gasteiger charge is 2.19. The number of Topliss-reactive ketones (excluding diaryl/α,β-unsaturated/α-hetero) is 2. The van der Waals surface area contributed by atoms with Crippen molar-refractivity contribution in [2.24, 2.45) is 0 Å². The van der Waals surface area contributed by atoms with E-state index in [0.717, 1.165) is 0 Å². The molecule has 0 saturated heterocycles. The number of rotatable bonds is 4. The molecule has 2 aromatic rings. The van der Waals surface area contributed by atoms with Gasteiger partial charge in [-0.15, -0.1) is 0 Å². The minimum atomic E-state index is -0.0864. The predicted molar refractivity (Wildman–Crippen MR) is 77.1 cm³/mol. The number of benzene rings is 2. The van der Waals surface area contributed by atoms with Crippen molar-refractivity contribution in [2.75, 3.05) is 14.2 Å². The maximum absolute atomic E-state index is 11.8. The van der Waals surface area contributed by atoms with Crippen LogP contribution in [0.3, 0.4) is 0 Å². The number of fused-ring (bicyclic) bond motifs is 1. The number of hydrogen-bond acceptors (Lipinski definition) is 4. The molecule has 4 heteroatoms. The Kier molecular flexibility index (Phi) is 3.74. The second kappa shape index (κ2) is 5.33. The van der Waals surface area contributed by atoms with Crippen molar-refractivity contribution in [3.8, 4) is 11.5 Å². The number of hydrogen-bond donors (Lipinski definition) is 0. The van der Waals surface area contributed by atoms with Crippen LogP contribution in [0.4, 0.5) is 0 Å². The summed E-state index contributed by atoms with van der Waals surface area (Å²) in [5.41, 5.74) is 1.03. The van der Waals surface area contributed by atoms with E-state index in [1.807, 2.05) is 0 Å². The van der Waals surface area contributed by atoms with Gasteiger partial charge >= 0.3 is 0 Å². The van der Waals surface area contributed by atoms with E-state index in [1.165, 1.54) is 28.1 Å². The molecule has 0 radical (unpaired) electrons. The van der Waals surface area contributed by atoms with Crippen LogP contribution in [-0.4, -0.2) is 25.8 Å². The summed E-state index contributed by atoms with van der Waals surface area (Å²) in [7, 11) is 3.07. The quantitative estimate of drug-likeness (QED) is 0.802. The van der Waals surface area contributed by atoms with Gasteiger partial charge in [-0.1, -0.05) is 0 Å². The van der Waals surface area contributed by atoms with E-state index >= 15 is 0 Å². The molecule has 0 amide bonds. The van der Waals surface area contributed by atoms with E-state index in [2.05, 4.69) is 0 Å². The topological polar surface area (TPSA) is 52.6 Å². The van der Waals surface area contributed by atoms with Crippen molar-refractivity contribution in [3.63, 3.8) is 0 Å². The summed E-state index contributed by atoms with van der Waals surface area (Å²) in [6.45, 7) is 2.97. The van der Waals surface area contributed by atoms with Gasteiger partial charge in [0.2, 0.25) is 0 Å². The monoisotopic (exact) mass is 272 g/mol. The number of ketones is 2. The van der Waals surface area contributed by atoms with Gasteiger partial charge in [-0.25, -0.2) is 0 Å². The summed E-state index contributed by atoms with van der Waals surface area (Å²) in [5, 5.41) is 1.24. The van der Waals surface area contributed by atoms with Crippen LogP contribution in [0.15, 0.2) is 24.3 Å². The second-order valence-corrected chi connectivity index (χ2v) is 4.49. The van der Waals surface area contributed by atoms with E-state index in [-0.39, 0.29) is 11.6 Å². The minimum Gasteiger partial charge on any atom is -0.496 e. The molecular weight excluding hydrogens is 256 g/mol. The molecule has 0 aliphatic carbocycles. The lowest BCUT2D eigenvalue weighted by Crippen LogP contribution is -2.02. The summed E-state index contributed by atoms with van der Waals surface area (Å²) in [4.78, 5) is 23.7. The van der Waals surface area contributed by atoms with E-state index in [0.29, 0.717) is 33.4 Å². The van der Waals surface area contributed by atoms with Gasteiger partial charge in [0.05, 0.1) is 14.2 Å². The Hall–Kier alpha value is -2.36. The lowest BCUT2D eigenvalue weighted by atomic mass is 9.95. The molecule has 104 valence electrons. The van der Waals surface area contributed by atoms with Gasteiger partial charge in [-0.05, 0) is 38.1 Å². The molecule has 0 saturated carbocycles. The first-order valence-electron chi connectivity index (χ1n) is 6.20. The first-order chi connectivity index (χ1) is 9.51. The third kappa shape index (κ3) is 2.13. The standard InChI is InChI=1S/C16H16O4/c1-9(17)11-5-7-14(20-4)16-12(10(2)18)6-8-13(19-3)15(11)16/h5-8H,1-4H3. The molecule has 4 nitrogen and oxygen atoms in total. The van der Waals surface area contributed by atoms with E-state index in [9.17, 15) is 9.59 Å². The Morgan fingerprint density at radius 2 is 1.10 bits per heavy atom. The molecule has 2 rings (SSSR count). The van der Waals surface area contributed by atoms with Gasteiger partial charge in [-0.2, -0.15) is 0 Å². The normalized spacial score (nSPS) is 10.4. The highest BCUT2D eigenvalue weighted by atomic mass is 16.5. The summed E-state index contributed by atoms with van der Waals surface area (Å²) < 4.78 is 10.7. The smallest absolute Gasteiger partial charge is 0.160 e. The van der Waals surface area contributed by atoms with E-state index in [1.54, 1.807) is 24.3 Å².